The van der Waals surface area contributed by atoms with Crippen LogP contribution in [0.1, 0.15) is 18.4 Å². The van der Waals surface area contributed by atoms with Crippen molar-refractivity contribution in [3.8, 4) is 5.75 Å². The number of ether oxygens (including phenoxy) is 1. The number of benzene rings is 1. The van der Waals surface area contributed by atoms with Crippen LogP contribution in [-0.2, 0) is 21.4 Å². The van der Waals surface area contributed by atoms with Crippen molar-refractivity contribution < 1.29 is 17.9 Å². The first-order chi connectivity index (χ1) is 9.91. The van der Waals surface area contributed by atoms with E-state index in [1.807, 2.05) is 24.3 Å². The summed E-state index contributed by atoms with van der Waals surface area (Å²) in [5, 5.41) is 2.79. The van der Waals surface area contributed by atoms with E-state index in [2.05, 4.69) is 5.32 Å². The molecule has 0 unspecified atom stereocenters. The fourth-order valence-electron chi connectivity index (χ4n) is 2.49. The summed E-state index contributed by atoms with van der Waals surface area (Å²) < 4.78 is 29.7. The standard InChI is InChI=1S/C14H20N2O4S/c1-20-12-6-3-5-11(9-12)10-15-14(17)13-7-4-8-16(13)21(2,18)19/h3,5-6,9,13H,4,7-8,10H2,1-2H3,(H,15,17)/t13-/m1/s1. The highest BCUT2D eigenvalue weighted by atomic mass is 32.2. The van der Waals surface area contributed by atoms with Crippen molar-refractivity contribution in [2.75, 3.05) is 19.9 Å². The van der Waals surface area contributed by atoms with Gasteiger partial charge in [0.1, 0.15) is 11.8 Å². The van der Waals surface area contributed by atoms with Gasteiger partial charge in [-0.3, -0.25) is 4.79 Å². The van der Waals surface area contributed by atoms with Gasteiger partial charge in [0.2, 0.25) is 15.9 Å². The Bertz CT molecular complexity index is 615. The average molecular weight is 312 g/mol. The van der Waals surface area contributed by atoms with Crippen LogP contribution in [0.2, 0.25) is 0 Å². The van der Waals surface area contributed by atoms with Crippen molar-refractivity contribution in [3.05, 3.63) is 29.8 Å². The highest BCUT2D eigenvalue weighted by Crippen LogP contribution is 2.20. The number of hydrogen-bond acceptors (Lipinski definition) is 4. The predicted octanol–water partition coefficient (Wildman–Crippen LogP) is 0.735. The second-order valence-corrected chi connectivity index (χ2v) is 7.04. The Labute approximate surface area is 125 Å². The lowest BCUT2D eigenvalue weighted by Crippen LogP contribution is -2.45. The van der Waals surface area contributed by atoms with Gasteiger partial charge < -0.3 is 10.1 Å². The van der Waals surface area contributed by atoms with Crippen LogP contribution in [0, 0.1) is 0 Å². The fourth-order valence-corrected chi connectivity index (χ4v) is 3.61. The van der Waals surface area contributed by atoms with Gasteiger partial charge in [0.05, 0.1) is 13.4 Å². The Morgan fingerprint density at radius 2 is 2.24 bits per heavy atom. The molecule has 1 aromatic rings. The molecule has 0 bridgehead atoms. The molecule has 1 atom stereocenters. The van der Waals surface area contributed by atoms with Gasteiger partial charge in [-0.15, -0.1) is 0 Å². The lowest BCUT2D eigenvalue weighted by molar-refractivity contribution is -0.124. The van der Waals surface area contributed by atoms with Crippen LogP contribution in [0.4, 0.5) is 0 Å². The minimum Gasteiger partial charge on any atom is -0.497 e. The largest absolute Gasteiger partial charge is 0.497 e. The zero-order chi connectivity index (χ0) is 15.5. The Morgan fingerprint density at radius 1 is 1.48 bits per heavy atom. The molecular weight excluding hydrogens is 292 g/mol. The zero-order valence-corrected chi connectivity index (χ0v) is 13.0. The summed E-state index contributed by atoms with van der Waals surface area (Å²) >= 11 is 0. The van der Waals surface area contributed by atoms with Gasteiger partial charge in [-0.05, 0) is 30.5 Å². The number of carbonyl (C=O) groups excluding carboxylic acids is 1. The molecule has 0 spiro atoms. The third-order valence-corrected chi connectivity index (χ3v) is 4.82. The SMILES string of the molecule is COc1cccc(CNC(=O)[C@H]2CCCN2S(C)(=O)=O)c1. The van der Waals surface area contributed by atoms with Crippen molar-refractivity contribution in [1.82, 2.24) is 9.62 Å². The predicted molar refractivity (Wildman–Crippen MR) is 79.4 cm³/mol. The van der Waals surface area contributed by atoms with Crippen molar-refractivity contribution in [3.63, 3.8) is 0 Å². The van der Waals surface area contributed by atoms with Gasteiger partial charge in [-0.25, -0.2) is 8.42 Å². The van der Waals surface area contributed by atoms with E-state index in [0.717, 1.165) is 17.6 Å². The summed E-state index contributed by atoms with van der Waals surface area (Å²) in [7, 11) is -1.75. The maximum Gasteiger partial charge on any atom is 0.238 e. The molecule has 1 aromatic carbocycles. The van der Waals surface area contributed by atoms with E-state index in [4.69, 9.17) is 4.74 Å². The van der Waals surface area contributed by atoms with Crippen molar-refractivity contribution in [2.24, 2.45) is 0 Å². The van der Waals surface area contributed by atoms with E-state index in [9.17, 15) is 13.2 Å². The minimum atomic E-state index is -3.34. The number of hydrogen-bond donors (Lipinski definition) is 1. The molecular formula is C14H20N2O4S. The monoisotopic (exact) mass is 312 g/mol. The number of rotatable bonds is 5. The molecule has 0 aliphatic carbocycles. The molecule has 1 heterocycles. The molecule has 1 amide bonds. The Morgan fingerprint density at radius 3 is 2.90 bits per heavy atom. The molecule has 1 aliphatic rings. The molecule has 7 heteroatoms. The first-order valence-corrected chi connectivity index (χ1v) is 8.64. The lowest BCUT2D eigenvalue weighted by Gasteiger charge is -2.21. The van der Waals surface area contributed by atoms with E-state index in [0.29, 0.717) is 25.9 Å². The van der Waals surface area contributed by atoms with Gasteiger partial charge in [-0.1, -0.05) is 12.1 Å². The number of sulfonamides is 1. The Kier molecular flexibility index (Phi) is 4.84. The summed E-state index contributed by atoms with van der Waals surface area (Å²) in [6, 6.07) is 6.80. The Hall–Kier alpha value is -1.60. The maximum absolute atomic E-state index is 12.2. The summed E-state index contributed by atoms with van der Waals surface area (Å²) in [4.78, 5) is 12.2. The molecule has 1 aliphatic heterocycles. The van der Waals surface area contributed by atoms with Gasteiger partial charge >= 0.3 is 0 Å². The average Bonchev–Trinajstić information content (AvgIpc) is 2.94. The summed E-state index contributed by atoms with van der Waals surface area (Å²) in [6.07, 6.45) is 2.42. The summed E-state index contributed by atoms with van der Waals surface area (Å²) in [5.41, 5.74) is 0.909. The van der Waals surface area contributed by atoms with E-state index in [1.54, 1.807) is 7.11 Å². The number of amides is 1. The number of carbonyl (C=O) groups is 1. The lowest BCUT2D eigenvalue weighted by atomic mass is 10.2. The smallest absolute Gasteiger partial charge is 0.238 e. The summed E-state index contributed by atoms with van der Waals surface area (Å²) in [5.74, 6) is 0.473. The third kappa shape index (κ3) is 3.95. The van der Waals surface area contributed by atoms with Gasteiger partial charge in [0, 0.05) is 13.1 Å². The first kappa shape index (κ1) is 15.8. The molecule has 116 valence electrons. The third-order valence-electron chi connectivity index (χ3n) is 3.53. The molecule has 0 aromatic heterocycles. The topological polar surface area (TPSA) is 75.7 Å². The second kappa shape index (κ2) is 6.44. The number of methoxy groups -OCH3 is 1. The van der Waals surface area contributed by atoms with Gasteiger partial charge in [0.15, 0.2) is 0 Å². The zero-order valence-electron chi connectivity index (χ0n) is 12.2. The van der Waals surface area contributed by atoms with E-state index in [1.165, 1.54) is 4.31 Å². The molecule has 1 saturated heterocycles. The fraction of sp³-hybridized carbons (Fsp3) is 0.500. The van der Waals surface area contributed by atoms with Crippen LogP contribution in [0.3, 0.4) is 0 Å². The van der Waals surface area contributed by atoms with Gasteiger partial charge in [0.25, 0.3) is 0 Å². The normalized spacial score (nSPS) is 19.4. The van der Waals surface area contributed by atoms with Crippen molar-refractivity contribution >= 4 is 15.9 Å². The molecule has 2 rings (SSSR count). The second-order valence-electron chi connectivity index (χ2n) is 5.10. The van der Waals surface area contributed by atoms with Crippen molar-refractivity contribution in [1.29, 1.82) is 0 Å². The number of nitrogens with zero attached hydrogens (tertiary/aromatic N) is 1. The van der Waals surface area contributed by atoms with Crippen molar-refractivity contribution in [2.45, 2.75) is 25.4 Å². The molecule has 0 saturated carbocycles. The van der Waals surface area contributed by atoms with Crippen LogP contribution in [0.15, 0.2) is 24.3 Å². The van der Waals surface area contributed by atoms with Crippen LogP contribution in [0.25, 0.3) is 0 Å². The van der Waals surface area contributed by atoms with Crippen LogP contribution in [-0.4, -0.2) is 44.6 Å². The Balaban J connectivity index is 1.98. The molecule has 6 nitrogen and oxygen atoms in total. The van der Waals surface area contributed by atoms with Crippen LogP contribution < -0.4 is 10.1 Å². The van der Waals surface area contributed by atoms with E-state index < -0.39 is 16.1 Å². The highest BCUT2D eigenvalue weighted by Gasteiger charge is 2.36. The molecule has 0 radical (unpaired) electrons. The van der Waals surface area contributed by atoms with E-state index in [-0.39, 0.29) is 5.91 Å². The van der Waals surface area contributed by atoms with Gasteiger partial charge in [-0.2, -0.15) is 4.31 Å². The molecule has 1 N–H and O–H groups in total. The maximum atomic E-state index is 12.2. The first-order valence-electron chi connectivity index (χ1n) is 6.79. The summed E-state index contributed by atoms with van der Waals surface area (Å²) in [6.45, 7) is 0.764. The van der Waals surface area contributed by atoms with E-state index >= 15 is 0 Å². The molecule has 21 heavy (non-hydrogen) atoms. The minimum absolute atomic E-state index is 0.249. The highest BCUT2D eigenvalue weighted by molar-refractivity contribution is 7.88. The quantitative estimate of drug-likeness (QED) is 0.870. The molecule has 1 fully saturated rings. The number of nitrogens with one attached hydrogen (secondary N) is 1. The van der Waals surface area contributed by atoms with Crippen LogP contribution in [0.5, 0.6) is 5.75 Å². The van der Waals surface area contributed by atoms with Crippen LogP contribution >= 0.6 is 0 Å².